The Labute approximate surface area is 74.0 Å². The van der Waals surface area contributed by atoms with Crippen LogP contribution in [0, 0.1) is 0 Å². The first-order valence-corrected chi connectivity index (χ1v) is 4.60. The summed E-state index contributed by atoms with van der Waals surface area (Å²) < 4.78 is 0. The summed E-state index contributed by atoms with van der Waals surface area (Å²) in [4.78, 5) is 0. The highest BCUT2D eigenvalue weighted by Crippen LogP contribution is 2.11. The number of thiol groups is 2. The summed E-state index contributed by atoms with van der Waals surface area (Å²) in [5.41, 5.74) is 0. The molecule has 0 aromatic heterocycles. The minimum atomic E-state index is -0.236. The van der Waals surface area contributed by atoms with Crippen LogP contribution < -0.4 is 0 Å². The Hall–Kier alpha value is 0.660. The van der Waals surface area contributed by atoms with Crippen molar-refractivity contribution in [3.63, 3.8) is 0 Å². The van der Waals surface area contributed by atoms with Crippen LogP contribution in [0.4, 0.5) is 0 Å². The summed E-state index contributed by atoms with van der Waals surface area (Å²) in [6.07, 6.45) is 1.28. The molecule has 62 valence electrons. The topological polar surface area (TPSA) is 20.2 Å². The molecule has 0 aliphatic rings. The standard InChI is InChI=1S/C7H16OS2/c1-5(9)3-7(8)4-6(2)10/h5-10H,3-4H2,1-2H3. The third-order valence-corrected chi connectivity index (χ3v) is 1.65. The first kappa shape index (κ1) is 10.7. The molecule has 0 spiro atoms. The molecule has 2 atom stereocenters. The molecule has 1 nitrogen and oxygen atoms in total. The van der Waals surface area contributed by atoms with Gasteiger partial charge in [-0.3, -0.25) is 0 Å². The fraction of sp³-hybridized carbons (Fsp3) is 1.00. The number of hydrogen-bond acceptors (Lipinski definition) is 3. The van der Waals surface area contributed by atoms with Crippen LogP contribution in [-0.4, -0.2) is 21.7 Å². The summed E-state index contributed by atoms with van der Waals surface area (Å²) in [5.74, 6) is 0. The molecule has 0 rings (SSSR count). The van der Waals surface area contributed by atoms with E-state index in [1.807, 2.05) is 13.8 Å². The van der Waals surface area contributed by atoms with Gasteiger partial charge in [-0.15, -0.1) is 0 Å². The second kappa shape index (κ2) is 5.33. The van der Waals surface area contributed by atoms with Gasteiger partial charge in [0.1, 0.15) is 0 Å². The van der Waals surface area contributed by atoms with E-state index >= 15 is 0 Å². The predicted molar refractivity (Wildman–Crippen MR) is 52.1 cm³/mol. The predicted octanol–water partition coefficient (Wildman–Crippen LogP) is 1.76. The van der Waals surface area contributed by atoms with E-state index in [1.54, 1.807) is 0 Å². The molecule has 0 saturated heterocycles. The van der Waals surface area contributed by atoms with Gasteiger partial charge in [0, 0.05) is 10.5 Å². The minimum absolute atomic E-state index is 0.236. The molecule has 1 N–H and O–H groups in total. The normalized spacial score (nSPS) is 20.1. The van der Waals surface area contributed by atoms with Crippen LogP contribution in [0.15, 0.2) is 0 Å². The highest BCUT2D eigenvalue weighted by atomic mass is 32.1. The lowest BCUT2D eigenvalue weighted by molar-refractivity contribution is 0.156. The van der Waals surface area contributed by atoms with Crippen LogP contribution in [0.25, 0.3) is 0 Å². The van der Waals surface area contributed by atoms with Crippen LogP contribution in [0.1, 0.15) is 26.7 Å². The van der Waals surface area contributed by atoms with Crippen LogP contribution in [0.5, 0.6) is 0 Å². The van der Waals surface area contributed by atoms with Gasteiger partial charge in [-0.1, -0.05) is 13.8 Å². The average Bonchev–Trinajstić information content (AvgIpc) is 1.58. The molecule has 0 amide bonds. The lowest BCUT2D eigenvalue weighted by Gasteiger charge is -2.13. The SMILES string of the molecule is CC(S)CC(O)CC(C)S. The van der Waals surface area contributed by atoms with Crippen molar-refractivity contribution in [3.05, 3.63) is 0 Å². The van der Waals surface area contributed by atoms with Crippen LogP contribution in [0.2, 0.25) is 0 Å². The summed E-state index contributed by atoms with van der Waals surface area (Å²) in [6.45, 7) is 3.96. The second-order valence-electron chi connectivity index (χ2n) is 2.82. The Morgan fingerprint density at radius 2 is 1.40 bits per heavy atom. The third kappa shape index (κ3) is 6.78. The first-order valence-electron chi connectivity index (χ1n) is 3.56. The van der Waals surface area contributed by atoms with Gasteiger partial charge in [-0.2, -0.15) is 25.3 Å². The van der Waals surface area contributed by atoms with Gasteiger partial charge in [-0.05, 0) is 12.8 Å². The number of aliphatic hydroxyl groups excluding tert-OH is 1. The van der Waals surface area contributed by atoms with E-state index in [-0.39, 0.29) is 16.6 Å². The van der Waals surface area contributed by atoms with Crippen molar-refractivity contribution < 1.29 is 5.11 Å². The third-order valence-electron chi connectivity index (χ3n) is 1.23. The molecule has 0 saturated carbocycles. The van der Waals surface area contributed by atoms with Crippen molar-refractivity contribution in [3.8, 4) is 0 Å². The maximum Gasteiger partial charge on any atom is 0.0561 e. The van der Waals surface area contributed by atoms with Crippen molar-refractivity contribution in [1.29, 1.82) is 0 Å². The number of aliphatic hydroxyl groups is 1. The van der Waals surface area contributed by atoms with Crippen molar-refractivity contribution in [2.75, 3.05) is 0 Å². The molecular formula is C7H16OS2. The Kier molecular flexibility index (Phi) is 5.68. The molecule has 0 aliphatic carbocycles. The van der Waals surface area contributed by atoms with Crippen molar-refractivity contribution in [2.24, 2.45) is 0 Å². The van der Waals surface area contributed by atoms with Crippen LogP contribution in [0.3, 0.4) is 0 Å². The van der Waals surface area contributed by atoms with E-state index in [2.05, 4.69) is 25.3 Å². The molecule has 0 fully saturated rings. The van der Waals surface area contributed by atoms with Gasteiger partial charge in [0.15, 0.2) is 0 Å². The van der Waals surface area contributed by atoms with E-state index < -0.39 is 0 Å². The maximum atomic E-state index is 9.29. The molecular weight excluding hydrogens is 164 g/mol. The molecule has 0 aliphatic heterocycles. The van der Waals surface area contributed by atoms with E-state index in [9.17, 15) is 5.11 Å². The largest absolute Gasteiger partial charge is 0.393 e. The van der Waals surface area contributed by atoms with Gasteiger partial charge in [-0.25, -0.2) is 0 Å². The van der Waals surface area contributed by atoms with Crippen LogP contribution >= 0.6 is 25.3 Å². The fourth-order valence-corrected chi connectivity index (χ4v) is 1.37. The quantitative estimate of drug-likeness (QED) is 0.563. The average molecular weight is 180 g/mol. The Morgan fingerprint density at radius 1 is 1.10 bits per heavy atom. The zero-order chi connectivity index (χ0) is 8.15. The molecule has 10 heavy (non-hydrogen) atoms. The lowest BCUT2D eigenvalue weighted by Crippen LogP contribution is -2.15. The number of rotatable bonds is 4. The maximum absolute atomic E-state index is 9.29. The molecule has 0 heterocycles. The molecule has 2 unspecified atom stereocenters. The highest BCUT2D eigenvalue weighted by Gasteiger charge is 2.08. The molecule has 0 radical (unpaired) electrons. The zero-order valence-electron chi connectivity index (χ0n) is 6.49. The lowest BCUT2D eigenvalue weighted by atomic mass is 10.1. The monoisotopic (exact) mass is 180 g/mol. The molecule has 0 bridgehead atoms. The Bertz CT molecular complexity index is 73.7. The Balaban J connectivity index is 3.34. The molecule has 0 aromatic carbocycles. The molecule has 3 heteroatoms. The smallest absolute Gasteiger partial charge is 0.0561 e. The summed E-state index contributed by atoms with van der Waals surface area (Å²) in [6, 6.07) is 0. The van der Waals surface area contributed by atoms with Crippen molar-refractivity contribution >= 4 is 25.3 Å². The van der Waals surface area contributed by atoms with Crippen molar-refractivity contribution in [1.82, 2.24) is 0 Å². The van der Waals surface area contributed by atoms with Gasteiger partial charge < -0.3 is 5.11 Å². The van der Waals surface area contributed by atoms with E-state index in [0.717, 1.165) is 12.8 Å². The summed E-state index contributed by atoms with van der Waals surface area (Å²) in [5, 5.41) is 9.85. The fourth-order valence-electron chi connectivity index (χ4n) is 0.884. The van der Waals surface area contributed by atoms with Crippen LogP contribution in [-0.2, 0) is 0 Å². The van der Waals surface area contributed by atoms with Gasteiger partial charge >= 0.3 is 0 Å². The van der Waals surface area contributed by atoms with Gasteiger partial charge in [0.05, 0.1) is 6.10 Å². The Morgan fingerprint density at radius 3 is 1.60 bits per heavy atom. The summed E-state index contributed by atoms with van der Waals surface area (Å²) in [7, 11) is 0. The highest BCUT2D eigenvalue weighted by molar-refractivity contribution is 7.81. The summed E-state index contributed by atoms with van der Waals surface area (Å²) >= 11 is 8.35. The minimum Gasteiger partial charge on any atom is -0.393 e. The van der Waals surface area contributed by atoms with E-state index in [1.165, 1.54) is 0 Å². The first-order chi connectivity index (χ1) is 4.52. The number of hydrogen-bond donors (Lipinski definition) is 3. The van der Waals surface area contributed by atoms with Gasteiger partial charge in [0.25, 0.3) is 0 Å². The molecule has 0 aromatic rings. The van der Waals surface area contributed by atoms with Crippen molar-refractivity contribution in [2.45, 2.75) is 43.3 Å². The van der Waals surface area contributed by atoms with E-state index in [0.29, 0.717) is 0 Å². The van der Waals surface area contributed by atoms with Gasteiger partial charge in [0.2, 0.25) is 0 Å². The van der Waals surface area contributed by atoms with E-state index in [4.69, 9.17) is 0 Å². The zero-order valence-corrected chi connectivity index (χ0v) is 8.28. The second-order valence-corrected chi connectivity index (χ2v) is 4.59.